The lowest BCUT2D eigenvalue weighted by atomic mass is 9.79. The van der Waals surface area contributed by atoms with Crippen LogP contribution in [0.4, 0.5) is 0 Å². The minimum Gasteiger partial charge on any atom is -0.0590 e. The Balaban J connectivity index is 2.28. The fourth-order valence-electron chi connectivity index (χ4n) is 3.33. The van der Waals surface area contributed by atoms with Gasteiger partial charge in [0.25, 0.3) is 0 Å². The Labute approximate surface area is 122 Å². The van der Waals surface area contributed by atoms with E-state index in [0.29, 0.717) is 0 Å². The van der Waals surface area contributed by atoms with Crippen LogP contribution in [0, 0.1) is 6.92 Å². The van der Waals surface area contributed by atoms with E-state index in [1.807, 2.05) is 0 Å². The van der Waals surface area contributed by atoms with Crippen molar-refractivity contribution in [2.24, 2.45) is 0 Å². The molecular formula is C20H24. The van der Waals surface area contributed by atoms with E-state index in [4.69, 9.17) is 0 Å². The van der Waals surface area contributed by atoms with Gasteiger partial charge in [-0.25, -0.2) is 0 Å². The second kappa shape index (κ2) is 3.97. The molecule has 0 saturated carbocycles. The van der Waals surface area contributed by atoms with Crippen LogP contribution in [0.25, 0.3) is 11.1 Å². The molecule has 0 heterocycles. The largest absolute Gasteiger partial charge is 0.0590 e. The van der Waals surface area contributed by atoms with Crippen LogP contribution >= 0.6 is 0 Å². The average Bonchev–Trinajstić information content (AvgIpc) is 2.57. The van der Waals surface area contributed by atoms with E-state index in [1.54, 1.807) is 0 Å². The first-order valence-electron chi connectivity index (χ1n) is 7.48. The smallest absolute Gasteiger partial charge is 0.0158 e. The molecule has 0 bridgehead atoms. The van der Waals surface area contributed by atoms with Crippen LogP contribution in [0.15, 0.2) is 36.4 Å². The van der Waals surface area contributed by atoms with Gasteiger partial charge >= 0.3 is 0 Å². The predicted molar refractivity (Wildman–Crippen MR) is 87.4 cm³/mol. The highest BCUT2D eigenvalue weighted by atomic mass is 14.4. The zero-order chi connectivity index (χ0) is 14.7. The topological polar surface area (TPSA) is 0 Å². The minimum atomic E-state index is 0.111. The van der Waals surface area contributed by atoms with Crippen molar-refractivity contribution in [2.75, 3.05) is 0 Å². The second-order valence-electron chi connectivity index (χ2n) is 7.68. The molecule has 0 nitrogen and oxygen atoms in total. The molecule has 104 valence electrons. The van der Waals surface area contributed by atoms with Crippen LogP contribution in [0.5, 0.6) is 0 Å². The van der Waals surface area contributed by atoms with Crippen LogP contribution in [0.3, 0.4) is 0 Å². The van der Waals surface area contributed by atoms with E-state index >= 15 is 0 Å². The Morgan fingerprint density at radius 3 is 2.15 bits per heavy atom. The van der Waals surface area contributed by atoms with Gasteiger partial charge < -0.3 is 0 Å². The lowest BCUT2D eigenvalue weighted by molar-refractivity contribution is 0.584. The summed E-state index contributed by atoms with van der Waals surface area (Å²) in [6, 6.07) is 13.9. The highest BCUT2D eigenvalue weighted by molar-refractivity contribution is 5.81. The van der Waals surface area contributed by atoms with E-state index < -0.39 is 0 Å². The molecule has 20 heavy (non-hydrogen) atoms. The Hall–Kier alpha value is -1.56. The summed E-state index contributed by atoms with van der Waals surface area (Å²) in [5, 5.41) is 0. The Bertz CT molecular complexity index is 682. The van der Waals surface area contributed by atoms with Gasteiger partial charge in [0, 0.05) is 5.41 Å². The molecule has 0 aliphatic heterocycles. The van der Waals surface area contributed by atoms with Crippen molar-refractivity contribution in [3.05, 3.63) is 58.7 Å². The van der Waals surface area contributed by atoms with Gasteiger partial charge in [-0.2, -0.15) is 0 Å². The maximum Gasteiger partial charge on any atom is 0.0158 e. The SMILES string of the molecule is Cc1ccc2c(c1)-c1ccc(C(C)(C)C)cc1C2(C)C. The molecule has 0 fully saturated rings. The Morgan fingerprint density at radius 2 is 1.50 bits per heavy atom. The van der Waals surface area contributed by atoms with Crippen molar-refractivity contribution < 1.29 is 0 Å². The van der Waals surface area contributed by atoms with Crippen molar-refractivity contribution in [2.45, 2.75) is 52.4 Å². The number of rotatable bonds is 0. The maximum absolute atomic E-state index is 2.42. The molecule has 0 aromatic heterocycles. The lowest BCUT2D eigenvalue weighted by Gasteiger charge is -2.25. The summed E-state index contributed by atoms with van der Waals surface area (Å²) in [6.07, 6.45) is 0. The Kier molecular flexibility index (Phi) is 2.67. The zero-order valence-corrected chi connectivity index (χ0v) is 13.5. The molecule has 0 atom stereocenters. The Morgan fingerprint density at radius 1 is 0.800 bits per heavy atom. The standard InChI is InChI=1S/C20H24/c1-13-7-10-17-16(11-13)15-9-8-14(19(2,3)4)12-18(15)20(17,5)6/h7-12H,1-6H3. The molecule has 0 radical (unpaired) electrons. The number of benzene rings is 2. The summed E-state index contributed by atoms with van der Waals surface area (Å²) in [4.78, 5) is 0. The van der Waals surface area contributed by atoms with Gasteiger partial charge in [0.05, 0.1) is 0 Å². The molecule has 0 heteroatoms. The van der Waals surface area contributed by atoms with Crippen molar-refractivity contribution >= 4 is 0 Å². The van der Waals surface area contributed by atoms with Crippen LogP contribution in [-0.4, -0.2) is 0 Å². The van der Waals surface area contributed by atoms with E-state index in [2.05, 4.69) is 77.9 Å². The number of fused-ring (bicyclic) bond motifs is 3. The van der Waals surface area contributed by atoms with Gasteiger partial charge in [-0.15, -0.1) is 0 Å². The van der Waals surface area contributed by atoms with Gasteiger partial charge in [-0.05, 0) is 40.2 Å². The first-order valence-corrected chi connectivity index (χ1v) is 7.48. The van der Waals surface area contributed by atoms with E-state index in [1.165, 1.54) is 33.4 Å². The third kappa shape index (κ3) is 1.82. The summed E-state index contributed by atoms with van der Waals surface area (Å²) in [7, 11) is 0. The number of aryl methyl sites for hydroxylation is 1. The number of hydrogen-bond acceptors (Lipinski definition) is 0. The first kappa shape index (κ1) is 13.4. The molecule has 3 rings (SSSR count). The van der Waals surface area contributed by atoms with Crippen LogP contribution in [0.2, 0.25) is 0 Å². The molecule has 1 aliphatic rings. The summed E-state index contributed by atoms with van der Waals surface area (Å²) in [5.74, 6) is 0. The molecule has 1 aliphatic carbocycles. The zero-order valence-electron chi connectivity index (χ0n) is 13.5. The molecular weight excluding hydrogens is 240 g/mol. The second-order valence-corrected chi connectivity index (χ2v) is 7.68. The lowest BCUT2D eigenvalue weighted by Crippen LogP contribution is -2.17. The number of hydrogen-bond donors (Lipinski definition) is 0. The molecule has 0 amide bonds. The summed E-state index contributed by atoms with van der Waals surface area (Å²) >= 11 is 0. The summed E-state index contributed by atoms with van der Waals surface area (Å²) in [6.45, 7) is 13.7. The molecule has 2 aromatic rings. The van der Waals surface area contributed by atoms with E-state index in [-0.39, 0.29) is 10.8 Å². The van der Waals surface area contributed by atoms with Crippen molar-refractivity contribution in [3.8, 4) is 11.1 Å². The quantitative estimate of drug-likeness (QED) is 0.581. The van der Waals surface area contributed by atoms with Gasteiger partial charge in [0.2, 0.25) is 0 Å². The fraction of sp³-hybridized carbons (Fsp3) is 0.400. The maximum atomic E-state index is 2.42. The fourth-order valence-corrected chi connectivity index (χ4v) is 3.33. The normalized spacial score (nSPS) is 15.9. The third-order valence-electron chi connectivity index (χ3n) is 4.70. The van der Waals surface area contributed by atoms with Gasteiger partial charge in [-0.3, -0.25) is 0 Å². The third-order valence-corrected chi connectivity index (χ3v) is 4.70. The van der Waals surface area contributed by atoms with Crippen LogP contribution < -0.4 is 0 Å². The molecule has 0 spiro atoms. The van der Waals surface area contributed by atoms with Gasteiger partial charge in [0.1, 0.15) is 0 Å². The van der Waals surface area contributed by atoms with Crippen molar-refractivity contribution in [1.82, 2.24) is 0 Å². The predicted octanol–water partition coefficient (Wildman–Crippen LogP) is 5.60. The monoisotopic (exact) mass is 264 g/mol. The minimum absolute atomic E-state index is 0.111. The van der Waals surface area contributed by atoms with Gasteiger partial charge in [-0.1, -0.05) is 76.6 Å². The molecule has 0 N–H and O–H groups in total. The van der Waals surface area contributed by atoms with Crippen molar-refractivity contribution in [3.63, 3.8) is 0 Å². The van der Waals surface area contributed by atoms with E-state index in [9.17, 15) is 0 Å². The van der Waals surface area contributed by atoms with Crippen LogP contribution in [0.1, 0.15) is 56.9 Å². The van der Waals surface area contributed by atoms with Crippen molar-refractivity contribution in [1.29, 1.82) is 0 Å². The van der Waals surface area contributed by atoms with Gasteiger partial charge in [0.15, 0.2) is 0 Å². The first-order chi connectivity index (χ1) is 9.21. The van der Waals surface area contributed by atoms with E-state index in [0.717, 1.165) is 0 Å². The highest BCUT2D eigenvalue weighted by Crippen LogP contribution is 2.49. The van der Waals surface area contributed by atoms with Crippen LogP contribution in [-0.2, 0) is 10.8 Å². The summed E-state index contributed by atoms with van der Waals surface area (Å²) in [5.41, 5.74) is 8.86. The summed E-state index contributed by atoms with van der Waals surface area (Å²) < 4.78 is 0. The molecule has 2 aromatic carbocycles. The average molecular weight is 264 g/mol. The molecule has 0 unspecified atom stereocenters. The highest BCUT2D eigenvalue weighted by Gasteiger charge is 2.36. The molecule has 0 saturated heterocycles.